The van der Waals surface area contributed by atoms with Crippen LogP contribution < -0.4 is 14.9 Å². The van der Waals surface area contributed by atoms with Crippen LogP contribution in [0.4, 0.5) is 0 Å². The van der Waals surface area contributed by atoms with Crippen LogP contribution in [0.3, 0.4) is 0 Å². The first-order valence-electron chi connectivity index (χ1n) is 19.8. The van der Waals surface area contributed by atoms with Crippen LogP contribution in [-0.4, -0.2) is 82.5 Å². The molecule has 11 nitrogen and oxygen atoms in total. The maximum absolute atomic E-state index is 13.8. The fourth-order valence-corrected chi connectivity index (χ4v) is 7.32. The summed E-state index contributed by atoms with van der Waals surface area (Å²) >= 11 is 0. The van der Waals surface area contributed by atoms with Gasteiger partial charge in [0, 0.05) is 17.7 Å². The Kier molecular flexibility index (Phi) is 16.1. The highest BCUT2D eigenvalue weighted by Gasteiger charge is 2.52. The first-order valence-corrected chi connectivity index (χ1v) is 19.8. The van der Waals surface area contributed by atoms with Crippen LogP contribution in [0.1, 0.15) is 99.3 Å². The molecule has 54 heavy (non-hydrogen) atoms. The number of phenols is 2. The van der Waals surface area contributed by atoms with E-state index in [2.05, 4.69) is 41.5 Å². The molecular formula is C43H64O11. The topological polar surface area (TPSA) is 168 Å². The molecule has 11 heteroatoms. The zero-order chi connectivity index (χ0) is 39.6. The number of phenolic OH excluding ortho intramolecular Hbond substituents is 2. The number of methoxy groups -OCH3 is 1. The molecule has 4 rings (SSSR count). The van der Waals surface area contributed by atoms with Crippen molar-refractivity contribution in [2.45, 2.75) is 129 Å². The molecule has 1 fully saturated rings. The minimum atomic E-state index is -1.57. The van der Waals surface area contributed by atoms with E-state index >= 15 is 0 Å². The van der Waals surface area contributed by atoms with Gasteiger partial charge in [0.05, 0.1) is 26.4 Å². The number of aliphatic hydroxyl groups is 3. The van der Waals surface area contributed by atoms with Gasteiger partial charge in [0.15, 0.2) is 5.76 Å². The molecule has 5 N–H and O–H groups in total. The fraction of sp³-hybridized carbons (Fsp3) is 0.651. The summed E-state index contributed by atoms with van der Waals surface area (Å²) in [6.45, 7) is 12.2. The number of fused-ring (bicyclic) bond motifs is 1. The first kappa shape index (κ1) is 43.4. The van der Waals surface area contributed by atoms with E-state index in [1.807, 2.05) is 0 Å². The van der Waals surface area contributed by atoms with Gasteiger partial charge in [0.1, 0.15) is 58.7 Å². The number of hydrogen-bond acceptors (Lipinski definition) is 11. The monoisotopic (exact) mass is 756 g/mol. The van der Waals surface area contributed by atoms with Gasteiger partial charge in [-0.2, -0.15) is 0 Å². The van der Waals surface area contributed by atoms with Gasteiger partial charge in [-0.1, -0.05) is 86.5 Å². The molecule has 0 spiro atoms. The molecule has 2 heterocycles. The second-order valence-electron chi connectivity index (χ2n) is 16.1. The lowest BCUT2D eigenvalue weighted by atomic mass is 9.86. The van der Waals surface area contributed by atoms with Crippen molar-refractivity contribution in [2.24, 2.45) is 23.7 Å². The molecule has 302 valence electrons. The van der Waals surface area contributed by atoms with Crippen LogP contribution in [-0.2, 0) is 9.47 Å². The van der Waals surface area contributed by atoms with E-state index in [4.69, 9.17) is 23.4 Å². The summed E-state index contributed by atoms with van der Waals surface area (Å²) in [7, 11) is 1.52. The average molecular weight is 757 g/mol. The lowest BCUT2D eigenvalue weighted by Gasteiger charge is -2.47. The molecule has 1 aromatic heterocycles. The summed E-state index contributed by atoms with van der Waals surface area (Å²) in [5, 5.41) is 53.9. The maximum Gasteiger partial charge on any atom is 0.239 e. The molecule has 0 radical (unpaired) electrons. The molecular weight excluding hydrogens is 692 g/mol. The van der Waals surface area contributed by atoms with Crippen molar-refractivity contribution in [1.29, 1.82) is 0 Å². The van der Waals surface area contributed by atoms with Crippen LogP contribution in [0, 0.1) is 23.7 Å². The molecule has 0 bridgehead atoms. The molecule has 1 aliphatic heterocycles. The van der Waals surface area contributed by atoms with Crippen molar-refractivity contribution in [3.8, 4) is 34.3 Å². The smallest absolute Gasteiger partial charge is 0.239 e. The number of aliphatic hydroxyl groups excluding tert-OH is 3. The summed E-state index contributed by atoms with van der Waals surface area (Å²) in [6, 6.07) is 8.91. The first-order chi connectivity index (χ1) is 25.7. The average Bonchev–Trinajstić information content (AvgIpc) is 3.14. The Morgan fingerprint density at radius 1 is 0.907 bits per heavy atom. The summed E-state index contributed by atoms with van der Waals surface area (Å²) in [6.07, 6.45) is 5.49. The van der Waals surface area contributed by atoms with E-state index in [1.165, 1.54) is 45.3 Å². The van der Waals surface area contributed by atoms with Crippen molar-refractivity contribution in [3.63, 3.8) is 0 Å². The standard InChI is InChI=1S/C43H64O11/c1-8-29(6)34(20-15-28(5)14-10-13-27(4)12-9-11-26(2)3)54-43(24-44)25-52-36(38(47)42(43)49)23-51-41-39(48)37-33(46)21-31(45)22-35(37)53-40(41)30-16-18-32(50-7)19-17-30/h16-19,21-22,26-29,34,36,38,42,44-47,49H,8-15,20,23-25H2,1-7H3. The SMILES string of the molecule is CCC(C)C(CCC(C)CCCC(C)CCCC(C)C)OC1(CO)COC(COc2c(-c3ccc(OC)cc3)oc3cc(O)cc(O)c3c2=O)C(O)C1O. The fourth-order valence-electron chi connectivity index (χ4n) is 7.32. The van der Waals surface area contributed by atoms with E-state index < -0.39 is 41.7 Å². The quantitative estimate of drug-likeness (QED) is 0.0726. The Morgan fingerprint density at radius 3 is 2.17 bits per heavy atom. The predicted octanol–water partition coefficient (Wildman–Crippen LogP) is 7.59. The molecule has 1 aliphatic rings. The van der Waals surface area contributed by atoms with Crippen molar-refractivity contribution in [2.75, 3.05) is 26.9 Å². The van der Waals surface area contributed by atoms with Crippen molar-refractivity contribution >= 4 is 11.0 Å². The maximum atomic E-state index is 13.8. The Balaban J connectivity index is 1.44. The third-order valence-corrected chi connectivity index (χ3v) is 11.2. The van der Waals surface area contributed by atoms with E-state index in [0.29, 0.717) is 17.2 Å². The van der Waals surface area contributed by atoms with Gasteiger partial charge in [0.2, 0.25) is 11.2 Å². The lowest BCUT2D eigenvalue weighted by molar-refractivity contribution is -0.282. The Morgan fingerprint density at radius 2 is 1.56 bits per heavy atom. The second kappa shape index (κ2) is 20.0. The minimum Gasteiger partial charge on any atom is -0.508 e. The number of hydrogen-bond donors (Lipinski definition) is 5. The number of rotatable bonds is 21. The third-order valence-electron chi connectivity index (χ3n) is 11.2. The minimum absolute atomic E-state index is 0.0146. The normalized spacial score (nSPS) is 22.6. The molecule has 1 saturated heterocycles. The van der Waals surface area contributed by atoms with Gasteiger partial charge < -0.3 is 48.9 Å². The Hall–Kier alpha value is -3.35. The van der Waals surface area contributed by atoms with Crippen LogP contribution >= 0.6 is 0 Å². The van der Waals surface area contributed by atoms with E-state index in [1.54, 1.807) is 24.3 Å². The van der Waals surface area contributed by atoms with Crippen LogP contribution in [0.5, 0.6) is 23.0 Å². The highest BCUT2D eigenvalue weighted by atomic mass is 16.6. The van der Waals surface area contributed by atoms with E-state index in [9.17, 15) is 30.3 Å². The van der Waals surface area contributed by atoms with Crippen molar-refractivity contribution in [1.82, 2.24) is 0 Å². The molecule has 0 saturated carbocycles. The third kappa shape index (κ3) is 10.9. The zero-order valence-electron chi connectivity index (χ0n) is 33.3. The summed E-state index contributed by atoms with van der Waals surface area (Å²) in [4.78, 5) is 13.8. The van der Waals surface area contributed by atoms with Gasteiger partial charge in [-0.15, -0.1) is 0 Å². The highest BCUT2D eigenvalue weighted by molar-refractivity contribution is 5.88. The predicted molar refractivity (Wildman–Crippen MR) is 209 cm³/mol. The highest BCUT2D eigenvalue weighted by Crippen LogP contribution is 2.38. The van der Waals surface area contributed by atoms with E-state index in [-0.39, 0.29) is 53.5 Å². The van der Waals surface area contributed by atoms with Crippen molar-refractivity contribution in [3.05, 3.63) is 46.6 Å². The van der Waals surface area contributed by atoms with Gasteiger partial charge in [-0.05, 0) is 60.8 Å². The van der Waals surface area contributed by atoms with Crippen LogP contribution in [0.25, 0.3) is 22.3 Å². The molecule has 8 atom stereocenters. The Bertz CT molecular complexity index is 1650. The number of ether oxygens (including phenoxy) is 4. The van der Waals surface area contributed by atoms with Gasteiger partial charge in [-0.3, -0.25) is 4.79 Å². The largest absolute Gasteiger partial charge is 0.508 e. The van der Waals surface area contributed by atoms with Gasteiger partial charge in [0.25, 0.3) is 0 Å². The van der Waals surface area contributed by atoms with E-state index in [0.717, 1.165) is 43.6 Å². The van der Waals surface area contributed by atoms with Crippen LogP contribution in [0.2, 0.25) is 0 Å². The van der Waals surface area contributed by atoms with Crippen LogP contribution in [0.15, 0.2) is 45.6 Å². The second-order valence-corrected chi connectivity index (χ2v) is 16.1. The summed E-state index contributed by atoms with van der Waals surface area (Å²) in [5.41, 5.74) is -1.89. The summed E-state index contributed by atoms with van der Waals surface area (Å²) in [5.74, 6) is 1.65. The van der Waals surface area contributed by atoms with Crippen molar-refractivity contribution < 1.29 is 48.9 Å². The Labute approximate surface area is 320 Å². The molecule has 0 amide bonds. The van der Waals surface area contributed by atoms with Gasteiger partial charge >= 0.3 is 0 Å². The molecule has 8 unspecified atom stereocenters. The number of aromatic hydroxyl groups is 2. The number of benzene rings is 2. The molecule has 0 aliphatic carbocycles. The lowest BCUT2D eigenvalue weighted by Crippen LogP contribution is -2.66. The summed E-state index contributed by atoms with van der Waals surface area (Å²) < 4.78 is 29.9. The molecule has 3 aromatic rings. The molecule has 2 aromatic carbocycles. The van der Waals surface area contributed by atoms with Gasteiger partial charge in [-0.25, -0.2) is 0 Å². The zero-order valence-corrected chi connectivity index (χ0v) is 33.3.